The summed E-state index contributed by atoms with van der Waals surface area (Å²) >= 11 is 0. The maximum Gasteiger partial charge on any atom is 0.243 e. The lowest BCUT2D eigenvalue weighted by Gasteiger charge is -2.32. The van der Waals surface area contributed by atoms with Crippen LogP contribution in [0, 0.1) is 5.82 Å². The molecule has 8 heteroatoms. The van der Waals surface area contributed by atoms with Crippen molar-refractivity contribution in [3.05, 3.63) is 24.0 Å². The highest BCUT2D eigenvalue weighted by atomic mass is 32.2. The normalized spacial score (nSPS) is 18.0. The Balaban J connectivity index is 1.89. The van der Waals surface area contributed by atoms with Crippen molar-refractivity contribution in [1.82, 2.24) is 14.5 Å². The Bertz CT molecular complexity index is 586. The van der Waals surface area contributed by atoms with Crippen LogP contribution in [0.5, 0.6) is 0 Å². The molecule has 0 aromatic heterocycles. The smallest absolute Gasteiger partial charge is 0.243 e. The highest BCUT2D eigenvalue weighted by molar-refractivity contribution is 7.89. The number of likely N-dealkylation sites (N-methyl/N-ethyl adjacent to an activating group) is 1. The van der Waals surface area contributed by atoms with E-state index in [4.69, 9.17) is 5.73 Å². The SMILES string of the molecule is CN1CCN(CCNS(=O)(=O)c2ccc(N)cc2F)CC1. The average molecular weight is 316 g/mol. The number of sulfonamides is 1. The molecule has 0 aliphatic carbocycles. The van der Waals surface area contributed by atoms with Crippen LogP contribution in [0.25, 0.3) is 0 Å². The first-order valence-electron chi connectivity index (χ1n) is 6.84. The van der Waals surface area contributed by atoms with Crippen molar-refractivity contribution in [3.8, 4) is 0 Å². The van der Waals surface area contributed by atoms with Crippen LogP contribution in [0.15, 0.2) is 23.1 Å². The third-order valence-corrected chi connectivity index (χ3v) is 5.06. The molecule has 0 bridgehead atoms. The maximum absolute atomic E-state index is 13.7. The number of nitrogen functional groups attached to an aromatic ring is 1. The second-order valence-corrected chi connectivity index (χ2v) is 6.97. The molecule has 21 heavy (non-hydrogen) atoms. The van der Waals surface area contributed by atoms with Crippen molar-refractivity contribution in [3.63, 3.8) is 0 Å². The van der Waals surface area contributed by atoms with Gasteiger partial charge in [-0.3, -0.25) is 4.90 Å². The molecule has 1 fully saturated rings. The highest BCUT2D eigenvalue weighted by Gasteiger charge is 2.19. The Morgan fingerprint density at radius 2 is 1.95 bits per heavy atom. The predicted octanol–water partition coefficient (Wildman–Crippen LogP) is -0.0664. The van der Waals surface area contributed by atoms with Gasteiger partial charge in [-0.1, -0.05) is 0 Å². The van der Waals surface area contributed by atoms with Gasteiger partial charge in [0.2, 0.25) is 10.0 Å². The van der Waals surface area contributed by atoms with Crippen molar-refractivity contribution in [1.29, 1.82) is 0 Å². The third-order valence-electron chi connectivity index (χ3n) is 3.56. The van der Waals surface area contributed by atoms with Crippen LogP contribution >= 0.6 is 0 Å². The molecule has 1 aromatic carbocycles. The minimum absolute atomic E-state index is 0.198. The van der Waals surface area contributed by atoms with Crippen LogP contribution in [0.2, 0.25) is 0 Å². The Kier molecular flexibility index (Phi) is 5.15. The fourth-order valence-corrected chi connectivity index (χ4v) is 3.30. The summed E-state index contributed by atoms with van der Waals surface area (Å²) < 4.78 is 40.2. The van der Waals surface area contributed by atoms with Crippen molar-refractivity contribution < 1.29 is 12.8 Å². The molecule has 1 aliphatic rings. The van der Waals surface area contributed by atoms with Crippen LogP contribution in [0.4, 0.5) is 10.1 Å². The van der Waals surface area contributed by atoms with Crippen LogP contribution in [0.3, 0.4) is 0 Å². The first-order chi connectivity index (χ1) is 9.88. The van der Waals surface area contributed by atoms with Gasteiger partial charge in [0.25, 0.3) is 0 Å². The van der Waals surface area contributed by atoms with E-state index in [0.29, 0.717) is 6.54 Å². The van der Waals surface area contributed by atoms with Gasteiger partial charge in [0, 0.05) is 45.0 Å². The van der Waals surface area contributed by atoms with Crippen molar-refractivity contribution in [2.75, 3.05) is 52.0 Å². The van der Waals surface area contributed by atoms with E-state index in [0.717, 1.165) is 32.2 Å². The molecule has 6 nitrogen and oxygen atoms in total. The number of piperazine rings is 1. The maximum atomic E-state index is 13.7. The van der Waals surface area contributed by atoms with E-state index in [1.165, 1.54) is 12.1 Å². The summed E-state index contributed by atoms with van der Waals surface area (Å²) in [4.78, 5) is 4.04. The van der Waals surface area contributed by atoms with Gasteiger partial charge in [-0.2, -0.15) is 0 Å². The van der Waals surface area contributed by atoms with Crippen LogP contribution in [-0.4, -0.2) is 64.5 Å². The molecule has 2 rings (SSSR count). The van der Waals surface area contributed by atoms with Gasteiger partial charge in [0.1, 0.15) is 10.7 Å². The molecule has 118 valence electrons. The number of anilines is 1. The predicted molar refractivity (Wildman–Crippen MR) is 79.9 cm³/mol. The van der Waals surface area contributed by atoms with E-state index >= 15 is 0 Å². The van der Waals surface area contributed by atoms with Gasteiger partial charge < -0.3 is 10.6 Å². The van der Waals surface area contributed by atoms with E-state index < -0.39 is 15.8 Å². The number of halogens is 1. The molecule has 0 atom stereocenters. The number of rotatable bonds is 5. The molecule has 0 amide bonds. The summed E-state index contributed by atoms with van der Waals surface area (Å²) in [6, 6.07) is 3.57. The number of nitrogens with two attached hydrogens (primary N) is 1. The summed E-state index contributed by atoms with van der Waals surface area (Å²) in [6.45, 7) is 4.64. The number of benzene rings is 1. The summed E-state index contributed by atoms with van der Waals surface area (Å²) in [7, 11) is -1.78. The summed E-state index contributed by atoms with van der Waals surface area (Å²) in [5.74, 6) is -0.831. The molecule has 1 aromatic rings. The zero-order chi connectivity index (χ0) is 15.5. The van der Waals surface area contributed by atoms with Gasteiger partial charge in [-0.05, 0) is 25.2 Å². The monoisotopic (exact) mass is 316 g/mol. The van der Waals surface area contributed by atoms with Crippen LogP contribution in [0.1, 0.15) is 0 Å². The molecule has 1 aliphatic heterocycles. The average Bonchev–Trinajstić information content (AvgIpc) is 2.40. The molecule has 0 radical (unpaired) electrons. The number of nitrogens with zero attached hydrogens (tertiary/aromatic N) is 2. The topological polar surface area (TPSA) is 78.7 Å². The minimum atomic E-state index is -3.84. The first kappa shape index (κ1) is 16.2. The van der Waals surface area contributed by atoms with E-state index in [9.17, 15) is 12.8 Å². The lowest BCUT2D eigenvalue weighted by Crippen LogP contribution is -2.46. The summed E-state index contributed by atoms with van der Waals surface area (Å²) in [5, 5.41) is 0. The number of nitrogens with one attached hydrogen (secondary N) is 1. The highest BCUT2D eigenvalue weighted by Crippen LogP contribution is 2.16. The second-order valence-electron chi connectivity index (χ2n) is 5.23. The van der Waals surface area contributed by atoms with Crippen molar-refractivity contribution >= 4 is 15.7 Å². The Labute approximate surface area is 124 Å². The molecule has 1 heterocycles. The van der Waals surface area contributed by atoms with E-state index in [2.05, 4.69) is 21.6 Å². The molecule has 1 saturated heterocycles. The third kappa shape index (κ3) is 4.37. The zero-order valence-electron chi connectivity index (χ0n) is 12.0. The molecule has 0 saturated carbocycles. The lowest BCUT2D eigenvalue weighted by molar-refractivity contribution is 0.156. The van der Waals surface area contributed by atoms with Crippen LogP contribution in [-0.2, 0) is 10.0 Å². The Hall–Kier alpha value is -1.22. The summed E-state index contributed by atoms with van der Waals surface area (Å²) in [6.07, 6.45) is 0. The number of hydrogen-bond acceptors (Lipinski definition) is 5. The fraction of sp³-hybridized carbons (Fsp3) is 0.538. The minimum Gasteiger partial charge on any atom is -0.399 e. The molecule has 0 unspecified atom stereocenters. The van der Waals surface area contributed by atoms with Crippen LogP contribution < -0.4 is 10.5 Å². The van der Waals surface area contributed by atoms with Gasteiger partial charge >= 0.3 is 0 Å². The quantitative estimate of drug-likeness (QED) is 0.744. The Morgan fingerprint density at radius 1 is 1.29 bits per heavy atom. The zero-order valence-corrected chi connectivity index (χ0v) is 12.9. The van der Waals surface area contributed by atoms with Crippen molar-refractivity contribution in [2.45, 2.75) is 4.90 Å². The van der Waals surface area contributed by atoms with Gasteiger partial charge in [0.05, 0.1) is 0 Å². The molecular formula is C13H21FN4O2S. The summed E-state index contributed by atoms with van der Waals surface area (Å²) in [5.41, 5.74) is 5.61. The van der Waals surface area contributed by atoms with E-state index in [-0.39, 0.29) is 17.1 Å². The van der Waals surface area contributed by atoms with Crippen molar-refractivity contribution in [2.24, 2.45) is 0 Å². The molecule has 3 N–H and O–H groups in total. The van der Waals surface area contributed by atoms with E-state index in [1.807, 2.05) is 0 Å². The fourth-order valence-electron chi connectivity index (χ4n) is 2.22. The van der Waals surface area contributed by atoms with Gasteiger partial charge in [0.15, 0.2) is 0 Å². The first-order valence-corrected chi connectivity index (χ1v) is 8.32. The second kappa shape index (κ2) is 6.69. The number of hydrogen-bond donors (Lipinski definition) is 2. The molecule has 0 spiro atoms. The lowest BCUT2D eigenvalue weighted by atomic mass is 10.3. The van der Waals surface area contributed by atoms with E-state index in [1.54, 1.807) is 0 Å². The van der Waals surface area contributed by atoms with Gasteiger partial charge in [-0.15, -0.1) is 0 Å². The molecular weight excluding hydrogens is 295 g/mol. The largest absolute Gasteiger partial charge is 0.399 e. The Morgan fingerprint density at radius 3 is 2.57 bits per heavy atom. The van der Waals surface area contributed by atoms with Gasteiger partial charge in [-0.25, -0.2) is 17.5 Å². The standard InChI is InChI=1S/C13H21FN4O2S/c1-17-6-8-18(9-7-17)5-4-16-21(19,20)13-3-2-11(15)10-12(13)14/h2-3,10,16H,4-9,15H2,1H3.